The summed E-state index contributed by atoms with van der Waals surface area (Å²) in [6.07, 6.45) is 3.76. The molecular weight excluding hydrogens is 572 g/mol. The van der Waals surface area contributed by atoms with Crippen LogP contribution >= 0.6 is 11.8 Å². The van der Waals surface area contributed by atoms with Crippen LogP contribution in [0.15, 0.2) is 60.8 Å². The van der Waals surface area contributed by atoms with Gasteiger partial charge in [-0.25, -0.2) is 4.79 Å². The number of benzene rings is 2. The minimum absolute atomic E-state index is 0.0432. The number of aromatic amines is 1. The van der Waals surface area contributed by atoms with Crippen LogP contribution in [0.25, 0.3) is 10.9 Å². The number of para-hydroxylation sites is 1. The largest absolute Gasteiger partial charge is 0.480 e. The Hall–Kier alpha value is -4.36. The van der Waals surface area contributed by atoms with E-state index in [-0.39, 0.29) is 25.7 Å². The van der Waals surface area contributed by atoms with Gasteiger partial charge in [-0.05, 0) is 42.0 Å². The molecule has 0 saturated carbocycles. The number of aliphatic carboxylic acids is 1. The number of nitrogens with one attached hydrogen (secondary N) is 4. The Morgan fingerprint density at radius 1 is 0.837 bits per heavy atom. The van der Waals surface area contributed by atoms with Gasteiger partial charge >= 0.3 is 5.97 Å². The first kappa shape index (κ1) is 33.1. The predicted octanol–water partition coefficient (Wildman–Crippen LogP) is 0.838. The van der Waals surface area contributed by atoms with Crippen LogP contribution in [0.2, 0.25) is 0 Å². The summed E-state index contributed by atoms with van der Waals surface area (Å²) in [6.45, 7) is 0. The highest BCUT2D eigenvalue weighted by atomic mass is 32.2. The number of thioether (sulfide) groups is 1. The number of H-pyrrole nitrogens is 1. The van der Waals surface area contributed by atoms with Crippen LogP contribution in [-0.2, 0) is 36.8 Å². The van der Waals surface area contributed by atoms with Crippen molar-refractivity contribution < 1.29 is 29.1 Å². The van der Waals surface area contributed by atoms with Gasteiger partial charge in [-0.3, -0.25) is 19.2 Å². The zero-order chi connectivity index (χ0) is 31.4. The molecule has 0 bridgehead atoms. The first-order valence-electron chi connectivity index (χ1n) is 13.8. The molecule has 0 spiro atoms. The molecule has 0 aliphatic carbocycles. The third kappa shape index (κ3) is 10.1. The topological polar surface area (TPSA) is 209 Å². The molecule has 0 aliphatic heterocycles. The molecule has 4 unspecified atom stereocenters. The van der Waals surface area contributed by atoms with E-state index in [1.54, 1.807) is 48.3 Å². The quantitative estimate of drug-likeness (QED) is 0.116. The van der Waals surface area contributed by atoms with Crippen LogP contribution in [0.1, 0.15) is 30.4 Å². The Labute approximate surface area is 253 Å². The fourth-order valence-electron chi connectivity index (χ4n) is 4.53. The van der Waals surface area contributed by atoms with Gasteiger partial charge in [0.1, 0.15) is 18.1 Å². The Balaban J connectivity index is 1.87. The number of aromatic nitrogens is 1. The molecule has 0 saturated heterocycles. The lowest BCUT2D eigenvalue weighted by Crippen LogP contribution is -2.58. The Bertz CT molecular complexity index is 1410. The first-order chi connectivity index (χ1) is 20.6. The van der Waals surface area contributed by atoms with Gasteiger partial charge in [-0.1, -0.05) is 48.5 Å². The molecule has 9 N–H and O–H groups in total. The first-order valence-corrected chi connectivity index (χ1v) is 15.2. The van der Waals surface area contributed by atoms with E-state index < -0.39 is 53.8 Å². The van der Waals surface area contributed by atoms with Crippen molar-refractivity contribution >= 4 is 52.3 Å². The molecule has 230 valence electrons. The standard InChI is InChI=1S/C30H38N6O6S/c1-43-14-13-21(31)27(38)35-25(16-19-17-33-22-10-6-5-9-20(19)22)29(40)36-24(15-18-7-3-2-4-8-18)28(39)34-23(30(41)42)11-12-26(32)37/h2-10,17,21,23-25,33H,11-16,31H2,1H3,(H2,32,37)(H,34,39)(H,35,38)(H,36,40)(H,41,42). The number of hydrogen-bond donors (Lipinski definition) is 7. The maximum atomic E-state index is 13.8. The average Bonchev–Trinajstić information content (AvgIpc) is 3.40. The number of nitrogens with two attached hydrogens (primary N) is 2. The molecule has 3 aromatic rings. The summed E-state index contributed by atoms with van der Waals surface area (Å²) in [5.41, 5.74) is 13.6. The molecular formula is C30H38N6O6S. The zero-order valence-electron chi connectivity index (χ0n) is 23.9. The van der Waals surface area contributed by atoms with Crippen molar-refractivity contribution in [1.29, 1.82) is 0 Å². The normalized spacial score (nSPS) is 13.8. The number of carbonyl (C=O) groups is 5. The van der Waals surface area contributed by atoms with Gasteiger partial charge in [0.05, 0.1) is 6.04 Å². The lowest BCUT2D eigenvalue weighted by atomic mass is 10.0. The Morgan fingerprint density at radius 2 is 1.44 bits per heavy atom. The van der Waals surface area contributed by atoms with Crippen molar-refractivity contribution in [3.05, 3.63) is 71.9 Å². The van der Waals surface area contributed by atoms with Gasteiger partial charge < -0.3 is 37.5 Å². The highest BCUT2D eigenvalue weighted by Crippen LogP contribution is 2.19. The zero-order valence-corrected chi connectivity index (χ0v) is 24.7. The predicted molar refractivity (Wildman–Crippen MR) is 165 cm³/mol. The van der Waals surface area contributed by atoms with E-state index in [9.17, 15) is 29.1 Å². The Morgan fingerprint density at radius 3 is 2.09 bits per heavy atom. The van der Waals surface area contributed by atoms with E-state index in [2.05, 4.69) is 20.9 Å². The van der Waals surface area contributed by atoms with Crippen molar-refractivity contribution in [3.8, 4) is 0 Å². The summed E-state index contributed by atoms with van der Waals surface area (Å²) in [7, 11) is 0. The summed E-state index contributed by atoms with van der Waals surface area (Å²) >= 11 is 1.55. The van der Waals surface area contributed by atoms with Gasteiger partial charge in [0.2, 0.25) is 23.6 Å². The second-order valence-electron chi connectivity index (χ2n) is 10.2. The number of rotatable bonds is 17. The summed E-state index contributed by atoms with van der Waals surface area (Å²) in [5.74, 6) is -3.30. The molecule has 0 radical (unpaired) electrons. The molecule has 13 heteroatoms. The molecule has 12 nitrogen and oxygen atoms in total. The molecule has 3 rings (SSSR count). The minimum Gasteiger partial charge on any atom is -0.480 e. The smallest absolute Gasteiger partial charge is 0.326 e. The van der Waals surface area contributed by atoms with Crippen molar-refractivity contribution in [2.24, 2.45) is 11.5 Å². The molecule has 1 aromatic heterocycles. The lowest BCUT2D eigenvalue weighted by Gasteiger charge is -2.25. The monoisotopic (exact) mass is 610 g/mol. The van der Waals surface area contributed by atoms with Gasteiger partial charge in [-0.2, -0.15) is 11.8 Å². The van der Waals surface area contributed by atoms with Crippen molar-refractivity contribution in [2.75, 3.05) is 12.0 Å². The van der Waals surface area contributed by atoms with Crippen LogP contribution in [0.4, 0.5) is 0 Å². The van der Waals surface area contributed by atoms with Crippen LogP contribution < -0.4 is 27.4 Å². The van der Waals surface area contributed by atoms with E-state index in [0.29, 0.717) is 17.7 Å². The second-order valence-corrected chi connectivity index (χ2v) is 11.2. The number of hydrogen-bond acceptors (Lipinski definition) is 7. The van der Waals surface area contributed by atoms with E-state index in [0.717, 1.165) is 16.5 Å². The average molecular weight is 611 g/mol. The number of amides is 4. The highest BCUT2D eigenvalue weighted by Gasteiger charge is 2.31. The van der Waals surface area contributed by atoms with Gasteiger partial charge in [0.15, 0.2) is 0 Å². The molecule has 4 amide bonds. The Kier molecular flexibility index (Phi) is 12.6. The van der Waals surface area contributed by atoms with Crippen LogP contribution in [0.5, 0.6) is 0 Å². The van der Waals surface area contributed by atoms with E-state index in [4.69, 9.17) is 11.5 Å². The SMILES string of the molecule is CSCCC(N)C(=O)NC(Cc1c[nH]c2ccccc12)C(=O)NC(Cc1ccccc1)C(=O)NC(CCC(N)=O)C(=O)O. The number of carboxylic acid groups (broad SMARTS) is 1. The second kappa shape index (κ2) is 16.3. The number of carboxylic acids is 1. The van der Waals surface area contributed by atoms with Crippen molar-refractivity contribution in [3.63, 3.8) is 0 Å². The third-order valence-corrected chi connectivity index (χ3v) is 7.56. The third-order valence-electron chi connectivity index (χ3n) is 6.91. The van der Waals surface area contributed by atoms with Crippen LogP contribution in [0, 0.1) is 0 Å². The molecule has 4 atom stereocenters. The maximum Gasteiger partial charge on any atom is 0.326 e. The summed E-state index contributed by atoms with van der Waals surface area (Å²) in [6, 6.07) is 11.9. The van der Waals surface area contributed by atoms with E-state index in [1.165, 1.54) is 0 Å². The van der Waals surface area contributed by atoms with Gasteiger partial charge in [0, 0.05) is 36.4 Å². The molecule has 1 heterocycles. The van der Waals surface area contributed by atoms with E-state index >= 15 is 0 Å². The molecule has 2 aromatic carbocycles. The fraction of sp³-hybridized carbons (Fsp3) is 0.367. The number of carbonyl (C=O) groups excluding carboxylic acids is 4. The lowest BCUT2D eigenvalue weighted by molar-refractivity contribution is -0.142. The summed E-state index contributed by atoms with van der Waals surface area (Å²) in [4.78, 5) is 66.3. The molecule has 43 heavy (non-hydrogen) atoms. The summed E-state index contributed by atoms with van der Waals surface area (Å²) < 4.78 is 0. The molecule has 0 aliphatic rings. The van der Waals surface area contributed by atoms with Crippen molar-refractivity contribution in [2.45, 2.75) is 56.3 Å². The molecule has 0 fully saturated rings. The summed E-state index contributed by atoms with van der Waals surface area (Å²) in [5, 5.41) is 18.4. The number of primary amides is 1. The maximum absolute atomic E-state index is 13.8. The van der Waals surface area contributed by atoms with Crippen molar-refractivity contribution in [1.82, 2.24) is 20.9 Å². The van der Waals surface area contributed by atoms with Crippen LogP contribution in [-0.4, -0.2) is 75.9 Å². The number of fused-ring (bicyclic) bond motifs is 1. The fourth-order valence-corrected chi connectivity index (χ4v) is 5.02. The van der Waals surface area contributed by atoms with Gasteiger partial charge in [-0.15, -0.1) is 0 Å². The van der Waals surface area contributed by atoms with Gasteiger partial charge in [0.25, 0.3) is 0 Å². The highest BCUT2D eigenvalue weighted by molar-refractivity contribution is 7.98. The minimum atomic E-state index is -1.40. The van der Waals surface area contributed by atoms with E-state index in [1.807, 2.05) is 30.5 Å². The van der Waals surface area contributed by atoms with Crippen LogP contribution in [0.3, 0.4) is 0 Å².